The van der Waals surface area contributed by atoms with Crippen molar-refractivity contribution < 1.29 is 4.74 Å². The van der Waals surface area contributed by atoms with Gasteiger partial charge in [-0.25, -0.2) is 0 Å². The van der Waals surface area contributed by atoms with Crippen LogP contribution in [0.5, 0.6) is 0 Å². The highest BCUT2D eigenvalue weighted by Gasteiger charge is 2.33. The normalized spacial score (nSPS) is 30.0. The Kier molecular flexibility index (Phi) is 6.81. The van der Waals surface area contributed by atoms with E-state index in [0.717, 1.165) is 57.8 Å². The molecule has 0 aromatic carbocycles. The van der Waals surface area contributed by atoms with Crippen LogP contribution in [0.4, 0.5) is 0 Å². The molecular weight excluding hydrogens is 326 g/mol. The van der Waals surface area contributed by atoms with Gasteiger partial charge in [0.2, 0.25) is 0 Å². The number of guanidine groups is 1. The third-order valence-electron chi connectivity index (χ3n) is 6.43. The maximum atomic E-state index is 5.50. The van der Waals surface area contributed by atoms with E-state index in [9.17, 15) is 0 Å². The van der Waals surface area contributed by atoms with Crippen molar-refractivity contribution in [3.8, 4) is 0 Å². The smallest absolute Gasteiger partial charge is 0.193 e. The van der Waals surface area contributed by atoms with Crippen LogP contribution in [-0.4, -0.2) is 98.3 Å². The molecule has 0 aromatic rings. The number of nitrogens with zero attached hydrogens (tertiary/aromatic N) is 4. The molecule has 0 saturated carbocycles. The van der Waals surface area contributed by atoms with Crippen molar-refractivity contribution in [1.82, 2.24) is 20.0 Å². The minimum atomic E-state index is 0.161. The van der Waals surface area contributed by atoms with Crippen molar-refractivity contribution in [3.05, 3.63) is 0 Å². The molecule has 2 unspecified atom stereocenters. The number of hydrogen-bond donors (Lipinski definition) is 1. The number of nitrogens with one attached hydrogen (secondary N) is 1. The Balaban J connectivity index is 1.50. The summed E-state index contributed by atoms with van der Waals surface area (Å²) < 4.78 is 5.50. The minimum Gasteiger partial charge on any atom is -0.379 e. The van der Waals surface area contributed by atoms with Gasteiger partial charge < -0.3 is 15.0 Å². The largest absolute Gasteiger partial charge is 0.379 e. The third kappa shape index (κ3) is 4.90. The highest BCUT2D eigenvalue weighted by atomic mass is 16.5. The molecule has 0 amide bonds. The maximum Gasteiger partial charge on any atom is 0.193 e. The van der Waals surface area contributed by atoms with E-state index in [4.69, 9.17) is 4.74 Å². The molecule has 0 aliphatic carbocycles. The summed E-state index contributed by atoms with van der Waals surface area (Å²) in [6.45, 7) is 16.6. The van der Waals surface area contributed by atoms with Crippen LogP contribution in [0.2, 0.25) is 0 Å². The predicted molar refractivity (Wildman–Crippen MR) is 108 cm³/mol. The highest BCUT2D eigenvalue weighted by molar-refractivity contribution is 5.80. The summed E-state index contributed by atoms with van der Waals surface area (Å²) in [5.41, 5.74) is 0.161. The van der Waals surface area contributed by atoms with Crippen LogP contribution < -0.4 is 5.32 Å². The number of piperidine rings is 1. The van der Waals surface area contributed by atoms with E-state index in [-0.39, 0.29) is 5.54 Å². The number of aliphatic imine (C=N–C) groups is 1. The van der Waals surface area contributed by atoms with Crippen molar-refractivity contribution in [2.24, 2.45) is 10.9 Å². The lowest BCUT2D eigenvalue weighted by atomic mass is 9.93. The summed E-state index contributed by atoms with van der Waals surface area (Å²) in [5, 5.41) is 3.68. The van der Waals surface area contributed by atoms with Gasteiger partial charge in [-0.1, -0.05) is 6.92 Å². The van der Waals surface area contributed by atoms with Crippen LogP contribution in [0.15, 0.2) is 4.99 Å². The minimum absolute atomic E-state index is 0.161. The number of hydrogen-bond acceptors (Lipinski definition) is 4. The Morgan fingerprint density at radius 2 is 1.88 bits per heavy atom. The Labute approximate surface area is 159 Å². The molecule has 3 aliphatic rings. The van der Waals surface area contributed by atoms with Gasteiger partial charge in [-0.05, 0) is 45.6 Å². The Hall–Kier alpha value is -0.850. The Bertz CT molecular complexity index is 475. The SMILES string of the molecule is CN=C(NCC(C)(C)N1CCCC(C)C1)N1CCC(N2CCOCC2)C1. The van der Waals surface area contributed by atoms with Crippen LogP contribution in [-0.2, 0) is 4.74 Å². The number of rotatable bonds is 4. The van der Waals surface area contributed by atoms with Crippen molar-refractivity contribution in [2.75, 3.05) is 66.1 Å². The summed E-state index contributed by atoms with van der Waals surface area (Å²) in [6, 6.07) is 0.647. The fourth-order valence-electron chi connectivity index (χ4n) is 4.65. The molecule has 0 spiro atoms. The molecule has 0 aromatic heterocycles. The van der Waals surface area contributed by atoms with Crippen molar-refractivity contribution in [3.63, 3.8) is 0 Å². The maximum absolute atomic E-state index is 5.50. The lowest BCUT2D eigenvalue weighted by Crippen LogP contribution is -2.56. The van der Waals surface area contributed by atoms with E-state index < -0.39 is 0 Å². The van der Waals surface area contributed by atoms with E-state index in [0.29, 0.717) is 6.04 Å². The third-order valence-corrected chi connectivity index (χ3v) is 6.43. The summed E-state index contributed by atoms with van der Waals surface area (Å²) in [7, 11) is 1.92. The van der Waals surface area contributed by atoms with Crippen molar-refractivity contribution >= 4 is 5.96 Å². The topological polar surface area (TPSA) is 43.3 Å². The Morgan fingerprint density at radius 1 is 1.12 bits per heavy atom. The van der Waals surface area contributed by atoms with Gasteiger partial charge in [0.15, 0.2) is 5.96 Å². The van der Waals surface area contributed by atoms with Crippen LogP contribution >= 0.6 is 0 Å². The molecular formula is C20H39N5O. The molecule has 150 valence electrons. The van der Waals surface area contributed by atoms with E-state index >= 15 is 0 Å². The fourth-order valence-corrected chi connectivity index (χ4v) is 4.65. The Morgan fingerprint density at radius 3 is 2.58 bits per heavy atom. The predicted octanol–water partition coefficient (Wildman–Crippen LogP) is 1.48. The second-order valence-corrected chi connectivity index (χ2v) is 8.94. The first-order chi connectivity index (χ1) is 12.5. The van der Waals surface area contributed by atoms with Gasteiger partial charge in [-0.2, -0.15) is 0 Å². The molecule has 3 rings (SSSR count). The molecule has 3 aliphatic heterocycles. The molecule has 1 N–H and O–H groups in total. The number of likely N-dealkylation sites (tertiary alicyclic amines) is 2. The molecule has 0 radical (unpaired) electrons. The number of ether oxygens (including phenoxy) is 1. The molecule has 26 heavy (non-hydrogen) atoms. The second-order valence-electron chi connectivity index (χ2n) is 8.94. The molecule has 3 fully saturated rings. The van der Waals surface area contributed by atoms with Crippen LogP contribution in [0.25, 0.3) is 0 Å². The highest BCUT2D eigenvalue weighted by Crippen LogP contribution is 2.23. The van der Waals surface area contributed by atoms with Crippen LogP contribution in [0, 0.1) is 5.92 Å². The van der Waals surface area contributed by atoms with Gasteiger partial charge in [0.25, 0.3) is 0 Å². The van der Waals surface area contributed by atoms with Gasteiger partial charge >= 0.3 is 0 Å². The summed E-state index contributed by atoms with van der Waals surface area (Å²) in [4.78, 5) is 12.3. The van der Waals surface area contributed by atoms with E-state index in [2.05, 4.69) is 45.8 Å². The van der Waals surface area contributed by atoms with Gasteiger partial charge in [-0.15, -0.1) is 0 Å². The molecule has 6 nitrogen and oxygen atoms in total. The fraction of sp³-hybridized carbons (Fsp3) is 0.950. The van der Waals surface area contributed by atoms with Crippen molar-refractivity contribution in [1.29, 1.82) is 0 Å². The molecule has 3 saturated heterocycles. The van der Waals surface area contributed by atoms with Gasteiger partial charge in [0, 0.05) is 57.9 Å². The first-order valence-corrected chi connectivity index (χ1v) is 10.5. The standard InChI is InChI=1S/C20H39N5O/c1-17-6-5-8-25(14-17)20(2,3)16-22-19(21-4)24-9-7-18(15-24)23-10-12-26-13-11-23/h17-18H,5-16H2,1-4H3,(H,21,22). The lowest BCUT2D eigenvalue weighted by molar-refractivity contribution is 0.0194. The monoisotopic (exact) mass is 365 g/mol. The number of morpholine rings is 1. The first-order valence-electron chi connectivity index (χ1n) is 10.5. The molecule has 3 heterocycles. The molecule has 0 bridgehead atoms. The summed E-state index contributed by atoms with van der Waals surface area (Å²) in [5.74, 6) is 1.88. The summed E-state index contributed by atoms with van der Waals surface area (Å²) >= 11 is 0. The average Bonchev–Trinajstić information content (AvgIpc) is 3.13. The molecule has 2 atom stereocenters. The first kappa shape index (κ1) is 19.9. The van der Waals surface area contributed by atoms with E-state index in [1.54, 1.807) is 0 Å². The zero-order valence-electron chi connectivity index (χ0n) is 17.3. The van der Waals surface area contributed by atoms with Crippen molar-refractivity contribution in [2.45, 2.75) is 51.6 Å². The lowest BCUT2D eigenvalue weighted by Gasteiger charge is -2.43. The van der Waals surface area contributed by atoms with Crippen LogP contribution in [0.1, 0.15) is 40.0 Å². The van der Waals surface area contributed by atoms with Crippen LogP contribution in [0.3, 0.4) is 0 Å². The van der Waals surface area contributed by atoms with Gasteiger partial charge in [0.1, 0.15) is 0 Å². The quantitative estimate of drug-likeness (QED) is 0.604. The zero-order valence-corrected chi connectivity index (χ0v) is 17.3. The van der Waals surface area contributed by atoms with Gasteiger partial charge in [0.05, 0.1) is 13.2 Å². The zero-order chi connectivity index (χ0) is 18.6. The van der Waals surface area contributed by atoms with E-state index in [1.807, 2.05) is 7.05 Å². The summed E-state index contributed by atoms with van der Waals surface area (Å²) in [6.07, 6.45) is 3.93. The second kappa shape index (κ2) is 8.89. The van der Waals surface area contributed by atoms with E-state index in [1.165, 1.54) is 32.4 Å². The molecule has 6 heteroatoms. The average molecular weight is 366 g/mol. The van der Waals surface area contributed by atoms with Gasteiger partial charge in [-0.3, -0.25) is 14.8 Å².